The van der Waals surface area contributed by atoms with Gasteiger partial charge in [0, 0.05) is 32.3 Å². The summed E-state index contributed by atoms with van der Waals surface area (Å²) in [5.74, 6) is 0.523. The Balaban J connectivity index is 1.91. The normalized spacial score (nSPS) is 12.4. The third-order valence-electron chi connectivity index (χ3n) is 3.96. The van der Waals surface area contributed by atoms with Gasteiger partial charge in [-0.25, -0.2) is 4.39 Å². The van der Waals surface area contributed by atoms with Gasteiger partial charge >= 0.3 is 0 Å². The number of benzene rings is 2. The van der Waals surface area contributed by atoms with Crippen LogP contribution in [0.4, 0.5) is 4.39 Å². The number of methoxy groups -OCH3 is 1. The molecular formula is C20H26FNO3. The van der Waals surface area contributed by atoms with E-state index < -0.39 is 6.10 Å². The number of halogens is 1. The maximum atomic E-state index is 13.9. The fraction of sp³-hybridized carbons (Fsp3) is 0.400. The molecule has 2 aromatic rings. The van der Waals surface area contributed by atoms with Crippen LogP contribution in [-0.4, -0.2) is 49.5 Å². The Morgan fingerprint density at radius 3 is 2.56 bits per heavy atom. The molecule has 0 saturated carbocycles. The van der Waals surface area contributed by atoms with Gasteiger partial charge in [0.2, 0.25) is 0 Å². The van der Waals surface area contributed by atoms with Gasteiger partial charge < -0.3 is 14.6 Å². The third-order valence-corrected chi connectivity index (χ3v) is 3.96. The average Bonchev–Trinajstić information content (AvgIpc) is 2.61. The number of aliphatic hydroxyl groups is 1. The monoisotopic (exact) mass is 347 g/mol. The smallest absolute Gasteiger partial charge is 0.127 e. The van der Waals surface area contributed by atoms with Crippen LogP contribution in [0.25, 0.3) is 0 Å². The van der Waals surface area contributed by atoms with Crippen molar-refractivity contribution in [2.45, 2.75) is 19.6 Å². The molecule has 0 heterocycles. The van der Waals surface area contributed by atoms with Gasteiger partial charge in [-0.1, -0.05) is 36.4 Å². The molecule has 0 amide bonds. The van der Waals surface area contributed by atoms with Crippen LogP contribution in [0.3, 0.4) is 0 Å². The Morgan fingerprint density at radius 2 is 1.84 bits per heavy atom. The molecule has 1 atom stereocenters. The predicted octanol–water partition coefficient (Wildman–Crippen LogP) is 3.02. The van der Waals surface area contributed by atoms with Gasteiger partial charge in [-0.05, 0) is 24.6 Å². The molecule has 136 valence electrons. The highest BCUT2D eigenvalue weighted by molar-refractivity contribution is 5.31. The van der Waals surface area contributed by atoms with E-state index in [9.17, 15) is 9.50 Å². The molecule has 5 heteroatoms. The molecule has 2 aromatic carbocycles. The SMILES string of the molecule is COCCN(Cc1ccccc1F)C[C@@H](O)COc1ccccc1C. The molecule has 1 N–H and O–H groups in total. The molecule has 0 radical (unpaired) electrons. The maximum Gasteiger partial charge on any atom is 0.127 e. The second-order valence-corrected chi connectivity index (χ2v) is 6.05. The summed E-state index contributed by atoms with van der Waals surface area (Å²) >= 11 is 0. The van der Waals surface area contributed by atoms with Crippen molar-refractivity contribution in [3.63, 3.8) is 0 Å². The van der Waals surface area contributed by atoms with E-state index >= 15 is 0 Å². The molecule has 0 spiro atoms. The number of hydrogen-bond donors (Lipinski definition) is 1. The highest BCUT2D eigenvalue weighted by Gasteiger charge is 2.15. The summed E-state index contributed by atoms with van der Waals surface area (Å²) in [4.78, 5) is 1.97. The second kappa shape index (κ2) is 10.1. The van der Waals surface area contributed by atoms with Gasteiger partial charge in [0.05, 0.1) is 6.61 Å². The summed E-state index contributed by atoms with van der Waals surface area (Å²) < 4.78 is 24.7. The molecule has 0 aliphatic carbocycles. The van der Waals surface area contributed by atoms with Gasteiger partial charge in [0.25, 0.3) is 0 Å². The fourth-order valence-corrected chi connectivity index (χ4v) is 2.58. The summed E-state index contributed by atoms with van der Waals surface area (Å²) in [6.45, 7) is 4.06. The molecule has 0 aliphatic heterocycles. The summed E-state index contributed by atoms with van der Waals surface area (Å²) in [7, 11) is 1.62. The Morgan fingerprint density at radius 1 is 1.12 bits per heavy atom. The Bertz CT molecular complexity index is 650. The van der Waals surface area contributed by atoms with Crippen molar-refractivity contribution in [3.8, 4) is 5.75 Å². The Hall–Kier alpha value is -1.95. The standard InChI is InChI=1S/C20H26FNO3/c1-16-7-3-6-10-20(16)25-15-18(23)14-22(11-12-24-2)13-17-8-4-5-9-19(17)21/h3-10,18,23H,11-15H2,1-2H3/t18-/m1/s1. The molecule has 0 bridgehead atoms. The van der Waals surface area contributed by atoms with Gasteiger partial charge in [-0.3, -0.25) is 4.90 Å². The quantitative estimate of drug-likeness (QED) is 0.717. The lowest BCUT2D eigenvalue weighted by Gasteiger charge is -2.25. The Labute approximate surface area is 148 Å². The van der Waals surface area contributed by atoms with Crippen LogP contribution in [0.5, 0.6) is 5.75 Å². The lowest BCUT2D eigenvalue weighted by Crippen LogP contribution is -2.37. The van der Waals surface area contributed by atoms with E-state index in [4.69, 9.17) is 9.47 Å². The predicted molar refractivity (Wildman–Crippen MR) is 96.2 cm³/mol. The van der Waals surface area contributed by atoms with Crippen molar-refractivity contribution >= 4 is 0 Å². The van der Waals surface area contributed by atoms with Gasteiger partial charge in [-0.15, -0.1) is 0 Å². The first kappa shape index (κ1) is 19.4. The van der Waals surface area contributed by atoms with Crippen molar-refractivity contribution in [2.24, 2.45) is 0 Å². The van der Waals surface area contributed by atoms with E-state index in [2.05, 4.69) is 0 Å². The van der Waals surface area contributed by atoms with Gasteiger partial charge in [0.15, 0.2) is 0 Å². The van der Waals surface area contributed by atoms with Crippen molar-refractivity contribution < 1.29 is 19.0 Å². The fourth-order valence-electron chi connectivity index (χ4n) is 2.58. The second-order valence-electron chi connectivity index (χ2n) is 6.05. The van der Waals surface area contributed by atoms with Crippen LogP contribution >= 0.6 is 0 Å². The van der Waals surface area contributed by atoms with Crippen molar-refractivity contribution in [2.75, 3.05) is 33.4 Å². The third kappa shape index (κ3) is 6.46. The van der Waals surface area contributed by atoms with Crippen molar-refractivity contribution in [1.82, 2.24) is 4.90 Å². The van der Waals surface area contributed by atoms with E-state index in [0.717, 1.165) is 11.3 Å². The minimum Gasteiger partial charge on any atom is -0.491 e. The first-order chi connectivity index (χ1) is 12.1. The molecule has 25 heavy (non-hydrogen) atoms. The van der Waals surface area contributed by atoms with Crippen molar-refractivity contribution in [1.29, 1.82) is 0 Å². The summed E-state index contributed by atoms with van der Waals surface area (Å²) in [5.41, 5.74) is 1.63. The molecule has 0 aliphatic rings. The van der Waals surface area contributed by atoms with Crippen LogP contribution in [0, 0.1) is 12.7 Å². The summed E-state index contributed by atoms with van der Waals surface area (Å²) in [5, 5.41) is 10.3. The number of hydrogen-bond acceptors (Lipinski definition) is 4. The lowest BCUT2D eigenvalue weighted by molar-refractivity contribution is 0.0536. The van der Waals surface area contributed by atoms with E-state index in [-0.39, 0.29) is 12.4 Å². The molecule has 0 aromatic heterocycles. The molecule has 4 nitrogen and oxygen atoms in total. The molecule has 0 fully saturated rings. The summed E-state index contributed by atoms with van der Waals surface area (Å²) in [6, 6.07) is 14.4. The van der Waals surface area contributed by atoms with E-state index in [1.807, 2.05) is 42.2 Å². The number of aryl methyl sites for hydroxylation is 1. The largest absolute Gasteiger partial charge is 0.491 e. The number of aliphatic hydroxyl groups excluding tert-OH is 1. The van der Waals surface area contributed by atoms with E-state index in [1.54, 1.807) is 19.2 Å². The molecule has 0 unspecified atom stereocenters. The van der Waals surface area contributed by atoms with Gasteiger partial charge in [-0.2, -0.15) is 0 Å². The minimum atomic E-state index is -0.678. The molecule has 0 saturated heterocycles. The zero-order valence-corrected chi connectivity index (χ0v) is 14.8. The van der Waals surface area contributed by atoms with E-state index in [1.165, 1.54) is 6.07 Å². The number of para-hydroxylation sites is 1. The van der Waals surface area contributed by atoms with Gasteiger partial charge in [0.1, 0.15) is 24.3 Å². The average molecular weight is 347 g/mol. The Kier molecular flexibility index (Phi) is 7.85. The van der Waals surface area contributed by atoms with E-state index in [0.29, 0.717) is 31.8 Å². The highest BCUT2D eigenvalue weighted by atomic mass is 19.1. The van der Waals surface area contributed by atoms with Crippen LogP contribution < -0.4 is 4.74 Å². The number of ether oxygens (including phenoxy) is 2. The zero-order chi connectivity index (χ0) is 18.1. The first-order valence-electron chi connectivity index (χ1n) is 8.41. The topological polar surface area (TPSA) is 41.9 Å². The van der Waals surface area contributed by atoms with Crippen LogP contribution in [0.2, 0.25) is 0 Å². The van der Waals surface area contributed by atoms with Crippen LogP contribution in [-0.2, 0) is 11.3 Å². The minimum absolute atomic E-state index is 0.186. The number of nitrogens with zero attached hydrogens (tertiary/aromatic N) is 1. The highest BCUT2D eigenvalue weighted by Crippen LogP contribution is 2.16. The van der Waals surface area contributed by atoms with Crippen molar-refractivity contribution in [3.05, 3.63) is 65.5 Å². The molecular weight excluding hydrogens is 321 g/mol. The number of rotatable bonds is 10. The lowest BCUT2D eigenvalue weighted by atomic mass is 10.2. The zero-order valence-electron chi connectivity index (χ0n) is 14.8. The molecule has 2 rings (SSSR count). The first-order valence-corrected chi connectivity index (χ1v) is 8.41. The van der Waals surface area contributed by atoms with Crippen LogP contribution in [0.1, 0.15) is 11.1 Å². The maximum absolute atomic E-state index is 13.9. The summed E-state index contributed by atoms with van der Waals surface area (Å²) in [6.07, 6.45) is -0.678. The van der Waals surface area contributed by atoms with Crippen LogP contribution in [0.15, 0.2) is 48.5 Å².